The van der Waals surface area contributed by atoms with Crippen LogP contribution in [0.1, 0.15) is 24.8 Å². The first-order chi connectivity index (χ1) is 9.11. The van der Waals surface area contributed by atoms with Crippen LogP contribution in [0.5, 0.6) is 0 Å². The van der Waals surface area contributed by atoms with Crippen molar-refractivity contribution >= 4 is 11.5 Å². The molecule has 5 heteroatoms. The summed E-state index contributed by atoms with van der Waals surface area (Å²) in [6.07, 6.45) is 5.45. The van der Waals surface area contributed by atoms with E-state index in [-0.39, 0.29) is 0 Å². The van der Waals surface area contributed by atoms with Gasteiger partial charge in [-0.3, -0.25) is 0 Å². The van der Waals surface area contributed by atoms with Gasteiger partial charge in [0.05, 0.1) is 0 Å². The molecule has 2 heterocycles. The van der Waals surface area contributed by atoms with E-state index in [1.54, 1.807) is 6.33 Å². The van der Waals surface area contributed by atoms with Gasteiger partial charge in [0.15, 0.2) is 5.65 Å². The van der Waals surface area contributed by atoms with Crippen LogP contribution in [-0.2, 0) is 0 Å². The predicted molar refractivity (Wildman–Crippen MR) is 76.5 cm³/mol. The number of aromatic nitrogens is 3. The van der Waals surface area contributed by atoms with Gasteiger partial charge in [0.1, 0.15) is 12.1 Å². The summed E-state index contributed by atoms with van der Waals surface area (Å²) in [4.78, 5) is 6.60. The van der Waals surface area contributed by atoms with Gasteiger partial charge in [-0.15, -0.1) is 0 Å². The Bertz CT molecular complexity index is 583. The molecule has 1 aliphatic rings. The molecule has 0 amide bonds. The summed E-state index contributed by atoms with van der Waals surface area (Å²) in [5, 5.41) is 7.84. The number of anilines is 1. The van der Waals surface area contributed by atoms with Crippen molar-refractivity contribution in [1.82, 2.24) is 19.5 Å². The Morgan fingerprint density at radius 3 is 2.79 bits per heavy atom. The van der Waals surface area contributed by atoms with E-state index in [2.05, 4.69) is 47.4 Å². The number of fused-ring (bicyclic) bond motifs is 1. The molecular formula is C14H21N5. The summed E-state index contributed by atoms with van der Waals surface area (Å²) < 4.78 is 1.87. The van der Waals surface area contributed by atoms with Gasteiger partial charge in [0.25, 0.3) is 0 Å². The first-order valence-corrected chi connectivity index (χ1v) is 6.82. The Morgan fingerprint density at radius 2 is 2.16 bits per heavy atom. The van der Waals surface area contributed by atoms with E-state index in [1.165, 1.54) is 24.8 Å². The molecule has 1 N–H and O–H groups in total. The Hall–Kier alpha value is -1.62. The molecule has 0 saturated heterocycles. The highest BCUT2D eigenvalue weighted by atomic mass is 15.3. The molecule has 102 valence electrons. The van der Waals surface area contributed by atoms with Gasteiger partial charge in [0, 0.05) is 12.1 Å². The molecule has 1 saturated carbocycles. The van der Waals surface area contributed by atoms with Crippen molar-refractivity contribution in [1.29, 1.82) is 0 Å². The van der Waals surface area contributed by atoms with E-state index in [1.807, 2.05) is 10.6 Å². The van der Waals surface area contributed by atoms with Crippen LogP contribution in [-0.4, -0.2) is 45.7 Å². The van der Waals surface area contributed by atoms with Crippen LogP contribution >= 0.6 is 0 Å². The van der Waals surface area contributed by atoms with Gasteiger partial charge < -0.3 is 10.2 Å². The Morgan fingerprint density at radius 1 is 1.37 bits per heavy atom. The molecule has 0 aromatic carbocycles. The lowest BCUT2D eigenvalue weighted by Crippen LogP contribution is -2.54. The highest BCUT2D eigenvalue weighted by Crippen LogP contribution is 2.36. The lowest BCUT2D eigenvalue weighted by atomic mass is 9.75. The third-order valence-corrected chi connectivity index (χ3v) is 4.35. The number of hydrogen-bond acceptors (Lipinski definition) is 4. The number of nitrogens with zero attached hydrogens (tertiary/aromatic N) is 4. The average molecular weight is 259 g/mol. The standard InChI is InChI=1S/C14H21N5/c1-11-7-12(19-13(8-11)16-10-17-19)15-9-14(18(2)3)5-4-6-14/h7-8,10,15H,4-6,9H2,1-3H3. The molecule has 5 nitrogen and oxygen atoms in total. The number of pyridine rings is 1. The lowest BCUT2D eigenvalue weighted by Gasteiger charge is -2.47. The number of nitrogens with one attached hydrogen (secondary N) is 1. The van der Waals surface area contributed by atoms with E-state index in [0.29, 0.717) is 5.54 Å². The maximum Gasteiger partial charge on any atom is 0.157 e. The van der Waals surface area contributed by atoms with Crippen molar-refractivity contribution in [2.24, 2.45) is 0 Å². The van der Waals surface area contributed by atoms with Gasteiger partial charge in [-0.25, -0.2) is 4.98 Å². The molecule has 1 aliphatic carbocycles. The predicted octanol–water partition coefficient (Wildman–Crippen LogP) is 1.93. The third-order valence-electron chi connectivity index (χ3n) is 4.35. The van der Waals surface area contributed by atoms with Crippen molar-refractivity contribution in [3.8, 4) is 0 Å². The number of rotatable bonds is 4. The van der Waals surface area contributed by atoms with E-state index < -0.39 is 0 Å². The van der Waals surface area contributed by atoms with Crippen molar-refractivity contribution in [2.75, 3.05) is 26.0 Å². The first-order valence-electron chi connectivity index (χ1n) is 6.82. The molecule has 0 aliphatic heterocycles. The maximum atomic E-state index is 4.28. The molecule has 3 rings (SSSR count). The van der Waals surface area contributed by atoms with Crippen molar-refractivity contribution in [2.45, 2.75) is 31.7 Å². The fraction of sp³-hybridized carbons (Fsp3) is 0.571. The average Bonchev–Trinajstić information content (AvgIpc) is 2.74. The summed E-state index contributed by atoms with van der Waals surface area (Å²) >= 11 is 0. The van der Waals surface area contributed by atoms with Gasteiger partial charge in [-0.05, 0) is 58.0 Å². The minimum Gasteiger partial charge on any atom is -0.368 e. The molecule has 1 fully saturated rings. The summed E-state index contributed by atoms with van der Waals surface area (Å²) in [7, 11) is 4.34. The van der Waals surface area contributed by atoms with Crippen molar-refractivity contribution in [3.05, 3.63) is 24.0 Å². The van der Waals surface area contributed by atoms with Crippen LogP contribution in [0.15, 0.2) is 18.5 Å². The Labute approximate surface area is 113 Å². The largest absolute Gasteiger partial charge is 0.368 e. The van der Waals surface area contributed by atoms with Crippen LogP contribution < -0.4 is 5.32 Å². The maximum absolute atomic E-state index is 4.28. The van der Waals surface area contributed by atoms with Gasteiger partial charge >= 0.3 is 0 Å². The fourth-order valence-corrected chi connectivity index (χ4v) is 2.80. The molecule has 19 heavy (non-hydrogen) atoms. The summed E-state index contributed by atoms with van der Waals surface area (Å²) in [6, 6.07) is 4.17. The van der Waals surface area contributed by atoms with E-state index in [9.17, 15) is 0 Å². The smallest absolute Gasteiger partial charge is 0.157 e. The van der Waals surface area contributed by atoms with Crippen LogP contribution in [0.3, 0.4) is 0 Å². The van der Waals surface area contributed by atoms with Crippen LogP contribution in [0.2, 0.25) is 0 Å². The minimum absolute atomic E-state index is 0.302. The zero-order chi connectivity index (χ0) is 13.5. The monoisotopic (exact) mass is 259 g/mol. The number of hydrogen-bond donors (Lipinski definition) is 1. The lowest BCUT2D eigenvalue weighted by molar-refractivity contribution is 0.0738. The quantitative estimate of drug-likeness (QED) is 0.911. The van der Waals surface area contributed by atoms with Gasteiger partial charge in [0.2, 0.25) is 0 Å². The third kappa shape index (κ3) is 2.08. The van der Waals surface area contributed by atoms with Crippen LogP contribution in [0.4, 0.5) is 5.82 Å². The zero-order valence-electron chi connectivity index (χ0n) is 11.8. The van der Waals surface area contributed by atoms with Gasteiger partial charge in [-0.2, -0.15) is 9.61 Å². The summed E-state index contributed by atoms with van der Waals surface area (Å²) in [6.45, 7) is 3.04. The molecule has 0 atom stereocenters. The van der Waals surface area contributed by atoms with E-state index >= 15 is 0 Å². The van der Waals surface area contributed by atoms with Gasteiger partial charge in [-0.1, -0.05) is 0 Å². The SMILES string of the molecule is Cc1cc(NCC2(N(C)C)CCC2)n2ncnc2c1. The molecule has 0 unspecified atom stereocenters. The number of aryl methyl sites for hydroxylation is 1. The molecule has 2 aromatic heterocycles. The molecule has 0 radical (unpaired) electrons. The van der Waals surface area contributed by atoms with Crippen LogP contribution in [0.25, 0.3) is 5.65 Å². The van der Waals surface area contributed by atoms with Crippen LogP contribution in [0, 0.1) is 6.92 Å². The number of likely N-dealkylation sites (N-methyl/N-ethyl adjacent to an activating group) is 1. The zero-order valence-corrected chi connectivity index (χ0v) is 11.8. The van der Waals surface area contributed by atoms with Crippen molar-refractivity contribution in [3.63, 3.8) is 0 Å². The molecule has 0 bridgehead atoms. The molecular weight excluding hydrogens is 238 g/mol. The Balaban J connectivity index is 1.83. The second-order valence-electron chi connectivity index (χ2n) is 5.77. The molecule has 2 aromatic rings. The highest BCUT2D eigenvalue weighted by molar-refractivity contribution is 5.51. The van der Waals surface area contributed by atoms with E-state index in [4.69, 9.17) is 0 Å². The second-order valence-corrected chi connectivity index (χ2v) is 5.77. The summed E-state index contributed by atoms with van der Waals surface area (Å²) in [5.74, 6) is 1.03. The Kier molecular flexibility index (Phi) is 2.93. The second kappa shape index (κ2) is 4.49. The van der Waals surface area contributed by atoms with Crippen molar-refractivity contribution < 1.29 is 0 Å². The fourth-order valence-electron chi connectivity index (χ4n) is 2.80. The normalized spacial score (nSPS) is 17.7. The first kappa shape index (κ1) is 12.4. The topological polar surface area (TPSA) is 45.5 Å². The highest BCUT2D eigenvalue weighted by Gasteiger charge is 2.38. The van der Waals surface area contributed by atoms with E-state index in [0.717, 1.165) is 18.0 Å². The molecule has 0 spiro atoms. The summed E-state index contributed by atoms with van der Waals surface area (Å²) in [5.41, 5.74) is 2.40. The minimum atomic E-state index is 0.302.